The number of amides is 2. The molecule has 0 spiro atoms. The first-order valence-corrected chi connectivity index (χ1v) is 9.50. The van der Waals surface area contributed by atoms with E-state index in [-0.39, 0.29) is 36.0 Å². The molecule has 1 unspecified atom stereocenters. The first kappa shape index (κ1) is 20.9. The van der Waals surface area contributed by atoms with Crippen molar-refractivity contribution in [3.05, 3.63) is 65.9 Å². The molecule has 1 aliphatic carbocycles. The molecule has 0 bridgehead atoms. The molecule has 29 heavy (non-hydrogen) atoms. The number of hydrogen-bond donors (Lipinski definition) is 3. The maximum atomic E-state index is 12.4. The highest BCUT2D eigenvalue weighted by molar-refractivity contribution is 6.04. The lowest BCUT2D eigenvalue weighted by Gasteiger charge is -2.16. The van der Waals surface area contributed by atoms with Gasteiger partial charge >= 0.3 is 0 Å². The lowest BCUT2D eigenvalue weighted by atomic mass is 10.1. The Morgan fingerprint density at radius 1 is 1.10 bits per heavy atom. The first-order valence-electron chi connectivity index (χ1n) is 9.50. The Hall–Kier alpha value is -2.83. The van der Waals surface area contributed by atoms with Gasteiger partial charge in [0.15, 0.2) is 5.76 Å². The zero-order valence-electron chi connectivity index (χ0n) is 15.9. The van der Waals surface area contributed by atoms with Crippen LogP contribution in [-0.2, 0) is 11.2 Å². The summed E-state index contributed by atoms with van der Waals surface area (Å²) in [6, 6.07) is 16.5. The SMILES string of the molecule is Cl.NCC(NC(=O)Cc1ccc(NC(=O)c2cc3ccccc3o2)cc1)C1CC1. The second kappa shape index (κ2) is 9.11. The van der Waals surface area contributed by atoms with Crippen LogP contribution in [0.25, 0.3) is 11.0 Å². The van der Waals surface area contributed by atoms with Gasteiger partial charge in [-0.15, -0.1) is 12.4 Å². The fraction of sp³-hybridized carbons (Fsp3) is 0.273. The Balaban J connectivity index is 0.00000240. The van der Waals surface area contributed by atoms with Gasteiger partial charge in [0.25, 0.3) is 5.91 Å². The first-order chi connectivity index (χ1) is 13.6. The summed E-state index contributed by atoms with van der Waals surface area (Å²) in [6.07, 6.45) is 2.57. The number of nitrogens with two attached hydrogens (primary N) is 1. The molecule has 1 aliphatic rings. The van der Waals surface area contributed by atoms with Crippen LogP contribution in [0.3, 0.4) is 0 Å². The van der Waals surface area contributed by atoms with Crippen molar-refractivity contribution >= 4 is 40.9 Å². The number of furan rings is 1. The Labute approximate surface area is 175 Å². The van der Waals surface area contributed by atoms with E-state index in [0.29, 0.717) is 30.2 Å². The molecule has 4 N–H and O–H groups in total. The molecule has 1 atom stereocenters. The fourth-order valence-electron chi connectivity index (χ4n) is 3.30. The van der Waals surface area contributed by atoms with Crippen LogP contribution in [0.1, 0.15) is 29.0 Å². The normalized spacial score (nSPS) is 14.1. The number of para-hydroxylation sites is 1. The molecule has 1 saturated carbocycles. The predicted molar refractivity (Wildman–Crippen MR) is 115 cm³/mol. The van der Waals surface area contributed by atoms with Crippen LogP contribution in [0.4, 0.5) is 5.69 Å². The van der Waals surface area contributed by atoms with Crippen LogP contribution in [0.2, 0.25) is 0 Å². The van der Waals surface area contributed by atoms with E-state index in [9.17, 15) is 9.59 Å². The average Bonchev–Trinajstić information content (AvgIpc) is 3.45. The topological polar surface area (TPSA) is 97.4 Å². The number of fused-ring (bicyclic) bond motifs is 1. The van der Waals surface area contributed by atoms with E-state index in [1.165, 1.54) is 0 Å². The van der Waals surface area contributed by atoms with Crippen molar-refractivity contribution in [3.8, 4) is 0 Å². The van der Waals surface area contributed by atoms with E-state index in [4.69, 9.17) is 10.2 Å². The van der Waals surface area contributed by atoms with Crippen molar-refractivity contribution in [3.63, 3.8) is 0 Å². The number of carbonyl (C=O) groups is 2. The highest BCUT2D eigenvalue weighted by atomic mass is 35.5. The van der Waals surface area contributed by atoms with Crippen molar-refractivity contribution in [1.29, 1.82) is 0 Å². The van der Waals surface area contributed by atoms with Gasteiger partial charge in [0.2, 0.25) is 5.91 Å². The summed E-state index contributed by atoms with van der Waals surface area (Å²) in [5.41, 5.74) is 7.93. The van der Waals surface area contributed by atoms with Gasteiger partial charge in [-0.25, -0.2) is 0 Å². The quantitative estimate of drug-likeness (QED) is 0.552. The molecule has 0 radical (unpaired) electrons. The van der Waals surface area contributed by atoms with Crippen LogP contribution >= 0.6 is 12.4 Å². The number of nitrogens with one attached hydrogen (secondary N) is 2. The van der Waals surface area contributed by atoms with Crippen LogP contribution in [0.5, 0.6) is 0 Å². The number of carbonyl (C=O) groups excluding carboxylic acids is 2. The van der Waals surface area contributed by atoms with Gasteiger partial charge < -0.3 is 20.8 Å². The Bertz CT molecular complexity index is 963. The van der Waals surface area contributed by atoms with Gasteiger partial charge in [0.05, 0.1) is 6.42 Å². The van der Waals surface area contributed by atoms with Crippen LogP contribution in [0.15, 0.2) is 59.0 Å². The molecular weight excluding hydrogens is 390 g/mol. The summed E-state index contributed by atoms with van der Waals surface area (Å²) in [7, 11) is 0. The van der Waals surface area contributed by atoms with Gasteiger partial charge in [0, 0.05) is 23.7 Å². The molecule has 0 saturated heterocycles. The monoisotopic (exact) mass is 413 g/mol. The van der Waals surface area contributed by atoms with Crippen molar-refractivity contribution in [2.24, 2.45) is 11.7 Å². The van der Waals surface area contributed by atoms with Crippen molar-refractivity contribution in [2.75, 3.05) is 11.9 Å². The summed E-state index contributed by atoms with van der Waals surface area (Å²) in [5.74, 6) is 0.459. The Morgan fingerprint density at radius 3 is 2.48 bits per heavy atom. The maximum absolute atomic E-state index is 12.4. The highest BCUT2D eigenvalue weighted by Crippen LogP contribution is 2.32. The molecule has 0 aliphatic heterocycles. The van der Waals surface area contributed by atoms with Crippen molar-refractivity contribution in [2.45, 2.75) is 25.3 Å². The predicted octanol–water partition coefficient (Wildman–Crippen LogP) is 3.50. The number of hydrogen-bond acceptors (Lipinski definition) is 4. The van der Waals surface area contributed by atoms with E-state index in [1.807, 2.05) is 36.4 Å². The number of halogens is 1. The third-order valence-corrected chi connectivity index (χ3v) is 5.02. The minimum absolute atomic E-state index is 0. The maximum Gasteiger partial charge on any atom is 0.291 e. The molecule has 3 aromatic rings. The average molecular weight is 414 g/mol. The van der Waals surface area contributed by atoms with Crippen LogP contribution in [-0.4, -0.2) is 24.4 Å². The number of benzene rings is 2. The van der Waals surface area contributed by atoms with Gasteiger partial charge in [0.1, 0.15) is 5.58 Å². The van der Waals surface area contributed by atoms with Crippen LogP contribution < -0.4 is 16.4 Å². The number of rotatable bonds is 7. The molecule has 4 rings (SSSR count). The molecule has 2 aromatic carbocycles. The van der Waals surface area contributed by atoms with Gasteiger partial charge in [-0.2, -0.15) is 0 Å². The second-order valence-corrected chi connectivity index (χ2v) is 7.22. The van der Waals surface area contributed by atoms with Gasteiger partial charge in [-0.1, -0.05) is 30.3 Å². The highest BCUT2D eigenvalue weighted by Gasteiger charge is 2.31. The smallest absolute Gasteiger partial charge is 0.291 e. The third-order valence-electron chi connectivity index (χ3n) is 5.02. The minimum Gasteiger partial charge on any atom is -0.451 e. The summed E-state index contributed by atoms with van der Waals surface area (Å²) in [4.78, 5) is 24.6. The largest absolute Gasteiger partial charge is 0.451 e. The fourth-order valence-corrected chi connectivity index (χ4v) is 3.30. The molecular formula is C22H24ClN3O3. The molecule has 2 amide bonds. The minimum atomic E-state index is -0.308. The summed E-state index contributed by atoms with van der Waals surface area (Å²) >= 11 is 0. The second-order valence-electron chi connectivity index (χ2n) is 7.22. The molecule has 1 heterocycles. The van der Waals surface area contributed by atoms with E-state index < -0.39 is 0 Å². The summed E-state index contributed by atoms with van der Waals surface area (Å²) in [5, 5.41) is 6.71. The van der Waals surface area contributed by atoms with Gasteiger partial charge in [-0.3, -0.25) is 9.59 Å². The Morgan fingerprint density at radius 2 is 1.83 bits per heavy atom. The zero-order valence-corrected chi connectivity index (χ0v) is 16.7. The van der Waals surface area contributed by atoms with Crippen LogP contribution in [0, 0.1) is 5.92 Å². The zero-order chi connectivity index (χ0) is 19.5. The number of anilines is 1. The third kappa shape index (κ3) is 5.16. The van der Waals surface area contributed by atoms with E-state index >= 15 is 0 Å². The van der Waals surface area contributed by atoms with Crippen molar-refractivity contribution in [1.82, 2.24) is 5.32 Å². The molecule has 1 aromatic heterocycles. The summed E-state index contributed by atoms with van der Waals surface area (Å²) in [6.45, 7) is 0.475. The summed E-state index contributed by atoms with van der Waals surface area (Å²) < 4.78 is 5.58. The lowest BCUT2D eigenvalue weighted by Crippen LogP contribution is -2.42. The van der Waals surface area contributed by atoms with E-state index in [0.717, 1.165) is 23.8 Å². The van der Waals surface area contributed by atoms with E-state index in [2.05, 4.69) is 10.6 Å². The van der Waals surface area contributed by atoms with Gasteiger partial charge in [-0.05, 0) is 48.6 Å². The Kier molecular flexibility index (Phi) is 6.56. The standard InChI is InChI=1S/C22H23N3O3.ClH/c23-13-18(15-7-8-15)25-21(26)11-14-5-9-17(10-6-14)24-22(27)20-12-16-3-1-2-4-19(16)28-20;/h1-6,9-10,12,15,18H,7-8,11,13,23H2,(H,24,27)(H,25,26);1H. The molecule has 6 nitrogen and oxygen atoms in total. The molecule has 1 fully saturated rings. The van der Waals surface area contributed by atoms with E-state index in [1.54, 1.807) is 18.2 Å². The molecule has 152 valence electrons. The van der Waals surface area contributed by atoms with Crippen molar-refractivity contribution < 1.29 is 14.0 Å². The lowest BCUT2D eigenvalue weighted by molar-refractivity contribution is -0.121. The molecule has 7 heteroatoms.